The van der Waals surface area contributed by atoms with Gasteiger partial charge < -0.3 is 4.90 Å². The number of hydrogen-bond donors (Lipinski definition) is 0. The molecule has 1 heteroatoms. The molecule has 2 unspecified atom stereocenters. The summed E-state index contributed by atoms with van der Waals surface area (Å²) in [5.41, 5.74) is 3.00. The number of rotatable bonds is 8. The van der Waals surface area contributed by atoms with E-state index >= 15 is 0 Å². The highest BCUT2D eigenvalue weighted by atomic mass is 15.2. The summed E-state index contributed by atoms with van der Waals surface area (Å²) < 4.78 is 0. The third-order valence-electron chi connectivity index (χ3n) is 5.29. The SMILES string of the molecule is CC.CCCc1ccc(CCCCN2CCC(C)CC2CC)cc1. The van der Waals surface area contributed by atoms with E-state index in [9.17, 15) is 0 Å². The maximum Gasteiger partial charge on any atom is 0.00951 e. The van der Waals surface area contributed by atoms with E-state index in [4.69, 9.17) is 0 Å². The highest BCUT2D eigenvalue weighted by Crippen LogP contribution is 2.24. The van der Waals surface area contributed by atoms with Crippen LogP contribution in [-0.2, 0) is 12.8 Å². The summed E-state index contributed by atoms with van der Waals surface area (Å²) in [6, 6.07) is 10.2. The zero-order valence-corrected chi connectivity index (χ0v) is 17.0. The van der Waals surface area contributed by atoms with Crippen LogP contribution in [0.15, 0.2) is 24.3 Å². The van der Waals surface area contributed by atoms with E-state index in [1.54, 1.807) is 0 Å². The van der Waals surface area contributed by atoms with Gasteiger partial charge in [-0.2, -0.15) is 0 Å². The summed E-state index contributed by atoms with van der Waals surface area (Å²) >= 11 is 0. The van der Waals surface area contributed by atoms with Gasteiger partial charge in [0, 0.05) is 6.04 Å². The third kappa shape index (κ3) is 7.38. The number of likely N-dealkylation sites (tertiary alicyclic amines) is 1. The van der Waals surface area contributed by atoms with Crippen molar-refractivity contribution in [2.24, 2.45) is 5.92 Å². The Balaban J connectivity index is 0.00000139. The Morgan fingerprint density at radius 3 is 2.17 bits per heavy atom. The lowest BCUT2D eigenvalue weighted by Crippen LogP contribution is -2.42. The van der Waals surface area contributed by atoms with Crippen LogP contribution in [0.3, 0.4) is 0 Å². The number of benzene rings is 1. The van der Waals surface area contributed by atoms with Gasteiger partial charge in [-0.15, -0.1) is 0 Å². The lowest BCUT2D eigenvalue weighted by Gasteiger charge is -2.38. The molecule has 24 heavy (non-hydrogen) atoms. The standard InChI is InChI=1S/C21H35N.C2H6/c1-4-8-19-10-12-20(13-11-19)9-6-7-15-22-16-14-18(3)17-21(22)5-2;1-2/h10-13,18,21H,4-9,14-17H2,1-3H3;1-2H3. The molecule has 1 aromatic carbocycles. The van der Waals surface area contributed by atoms with Crippen molar-refractivity contribution in [3.05, 3.63) is 35.4 Å². The van der Waals surface area contributed by atoms with Crippen LogP contribution in [0.4, 0.5) is 0 Å². The number of unbranched alkanes of at least 4 members (excludes halogenated alkanes) is 1. The summed E-state index contributed by atoms with van der Waals surface area (Å²) in [6.07, 6.45) is 10.5. The van der Waals surface area contributed by atoms with Crippen LogP contribution >= 0.6 is 0 Å². The zero-order valence-electron chi connectivity index (χ0n) is 17.0. The third-order valence-corrected chi connectivity index (χ3v) is 5.29. The Bertz CT molecular complexity index is 409. The van der Waals surface area contributed by atoms with Gasteiger partial charge in [0.25, 0.3) is 0 Å². The smallest absolute Gasteiger partial charge is 0.00951 e. The average molecular weight is 332 g/mol. The second-order valence-electron chi connectivity index (χ2n) is 7.25. The second-order valence-corrected chi connectivity index (χ2v) is 7.25. The van der Waals surface area contributed by atoms with E-state index in [-0.39, 0.29) is 0 Å². The first kappa shape index (κ1) is 21.2. The lowest BCUT2D eigenvalue weighted by molar-refractivity contribution is 0.112. The Morgan fingerprint density at radius 2 is 1.58 bits per heavy atom. The number of aryl methyl sites for hydroxylation is 2. The van der Waals surface area contributed by atoms with Crippen molar-refractivity contribution in [2.45, 2.75) is 92.0 Å². The van der Waals surface area contributed by atoms with Gasteiger partial charge in [0.15, 0.2) is 0 Å². The molecule has 1 fully saturated rings. The fourth-order valence-electron chi connectivity index (χ4n) is 3.82. The fraction of sp³-hybridized carbons (Fsp3) is 0.739. The summed E-state index contributed by atoms with van der Waals surface area (Å²) in [4.78, 5) is 2.75. The molecule has 0 N–H and O–H groups in total. The molecule has 2 atom stereocenters. The van der Waals surface area contributed by atoms with E-state index in [2.05, 4.69) is 49.9 Å². The van der Waals surface area contributed by atoms with Crippen molar-refractivity contribution in [3.8, 4) is 0 Å². The van der Waals surface area contributed by atoms with E-state index in [0.717, 1.165) is 12.0 Å². The fourth-order valence-corrected chi connectivity index (χ4v) is 3.82. The molecular formula is C23H41N. The van der Waals surface area contributed by atoms with Crippen LogP contribution < -0.4 is 0 Å². The van der Waals surface area contributed by atoms with Crippen LogP contribution in [0.5, 0.6) is 0 Å². The quantitative estimate of drug-likeness (QED) is 0.491. The van der Waals surface area contributed by atoms with Crippen molar-refractivity contribution in [2.75, 3.05) is 13.1 Å². The van der Waals surface area contributed by atoms with E-state index < -0.39 is 0 Å². The van der Waals surface area contributed by atoms with Crippen LogP contribution in [0.25, 0.3) is 0 Å². The molecule has 1 aromatic rings. The Kier molecular flexibility index (Phi) is 11.1. The monoisotopic (exact) mass is 331 g/mol. The normalized spacial score (nSPS) is 21.2. The van der Waals surface area contributed by atoms with E-state index in [0.29, 0.717) is 0 Å². The maximum atomic E-state index is 2.75. The first-order valence-corrected chi connectivity index (χ1v) is 10.5. The minimum atomic E-state index is 0.845. The van der Waals surface area contributed by atoms with Gasteiger partial charge in [0.2, 0.25) is 0 Å². The molecular weight excluding hydrogens is 290 g/mol. The van der Waals surface area contributed by atoms with Crippen LogP contribution in [0, 0.1) is 5.92 Å². The minimum Gasteiger partial charge on any atom is -0.300 e. The van der Waals surface area contributed by atoms with Gasteiger partial charge in [0.1, 0.15) is 0 Å². The van der Waals surface area contributed by atoms with Gasteiger partial charge in [-0.05, 0) is 75.1 Å². The van der Waals surface area contributed by atoms with Crippen molar-refractivity contribution in [1.29, 1.82) is 0 Å². The molecule has 0 aromatic heterocycles. The summed E-state index contributed by atoms with van der Waals surface area (Å²) in [5, 5.41) is 0. The second kappa shape index (κ2) is 12.5. The Morgan fingerprint density at radius 1 is 0.958 bits per heavy atom. The number of nitrogens with zero attached hydrogens (tertiary/aromatic N) is 1. The predicted octanol–water partition coefficient (Wildman–Crippen LogP) is 6.50. The van der Waals surface area contributed by atoms with E-state index in [1.165, 1.54) is 75.6 Å². The van der Waals surface area contributed by atoms with Crippen LogP contribution in [0.1, 0.15) is 84.3 Å². The van der Waals surface area contributed by atoms with Gasteiger partial charge in [-0.1, -0.05) is 65.3 Å². The molecule has 0 amide bonds. The molecule has 1 heterocycles. The molecule has 0 aliphatic carbocycles. The molecule has 0 radical (unpaired) electrons. The zero-order chi connectivity index (χ0) is 17.8. The van der Waals surface area contributed by atoms with Gasteiger partial charge >= 0.3 is 0 Å². The average Bonchev–Trinajstić information content (AvgIpc) is 2.63. The van der Waals surface area contributed by atoms with Gasteiger partial charge in [0.05, 0.1) is 0 Å². The Hall–Kier alpha value is -0.820. The summed E-state index contributed by atoms with van der Waals surface area (Å²) in [5.74, 6) is 0.933. The van der Waals surface area contributed by atoms with Crippen molar-refractivity contribution in [3.63, 3.8) is 0 Å². The molecule has 1 aliphatic heterocycles. The maximum absolute atomic E-state index is 2.75. The van der Waals surface area contributed by atoms with Crippen LogP contribution in [-0.4, -0.2) is 24.0 Å². The molecule has 2 rings (SSSR count). The van der Waals surface area contributed by atoms with Gasteiger partial charge in [-0.3, -0.25) is 0 Å². The molecule has 138 valence electrons. The minimum absolute atomic E-state index is 0.845. The first-order chi connectivity index (χ1) is 11.7. The van der Waals surface area contributed by atoms with Crippen molar-refractivity contribution < 1.29 is 0 Å². The largest absolute Gasteiger partial charge is 0.300 e. The van der Waals surface area contributed by atoms with E-state index in [1.807, 2.05) is 13.8 Å². The Labute approximate surface area is 151 Å². The molecule has 1 saturated heterocycles. The summed E-state index contributed by atoms with van der Waals surface area (Å²) in [7, 11) is 0. The highest BCUT2D eigenvalue weighted by Gasteiger charge is 2.24. The van der Waals surface area contributed by atoms with Crippen molar-refractivity contribution in [1.82, 2.24) is 4.90 Å². The predicted molar refractivity (Wildman–Crippen MR) is 109 cm³/mol. The molecule has 0 saturated carbocycles. The molecule has 0 bridgehead atoms. The molecule has 0 spiro atoms. The van der Waals surface area contributed by atoms with Crippen molar-refractivity contribution >= 4 is 0 Å². The highest BCUT2D eigenvalue weighted by molar-refractivity contribution is 5.22. The topological polar surface area (TPSA) is 3.24 Å². The number of hydrogen-bond acceptors (Lipinski definition) is 1. The van der Waals surface area contributed by atoms with Gasteiger partial charge in [-0.25, -0.2) is 0 Å². The molecule has 1 aliphatic rings. The molecule has 1 nitrogen and oxygen atoms in total. The van der Waals surface area contributed by atoms with Crippen LogP contribution in [0.2, 0.25) is 0 Å². The lowest BCUT2D eigenvalue weighted by atomic mass is 9.91. The first-order valence-electron chi connectivity index (χ1n) is 10.5. The summed E-state index contributed by atoms with van der Waals surface area (Å²) in [6.45, 7) is 13.7. The number of piperidine rings is 1.